The zero-order valence-corrected chi connectivity index (χ0v) is 14.4. The highest BCUT2D eigenvalue weighted by atomic mass is 32.1. The van der Waals surface area contributed by atoms with Crippen LogP contribution in [0.2, 0.25) is 0 Å². The Labute approximate surface area is 131 Å². The zero-order chi connectivity index (χ0) is 15.6. The summed E-state index contributed by atoms with van der Waals surface area (Å²) in [7, 11) is 0. The molecule has 0 unspecified atom stereocenters. The minimum Gasteiger partial charge on any atom is -0.444 e. The summed E-state index contributed by atoms with van der Waals surface area (Å²) < 4.78 is 5.51. The first-order valence-corrected chi connectivity index (χ1v) is 8.45. The normalized spacial score (nSPS) is 24.1. The van der Waals surface area contributed by atoms with E-state index in [9.17, 15) is 4.79 Å². The highest BCUT2D eigenvalue weighted by Gasteiger charge is 2.34. The standard InChI is InChI=1S/C16H26N2O2S/c1-12-9-18(15(19)20-16(3,4)5)13(2)8-17(12)10-14-6-7-21-11-14/h6-7,11-13H,8-10H2,1-5H3/t12-,13+/m0/s1. The molecular formula is C16H26N2O2S. The second kappa shape index (κ2) is 6.36. The van der Waals surface area contributed by atoms with Crippen molar-refractivity contribution in [1.29, 1.82) is 0 Å². The first-order valence-electron chi connectivity index (χ1n) is 7.51. The van der Waals surface area contributed by atoms with Crippen LogP contribution in [0.4, 0.5) is 4.79 Å². The van der Waals surface area contributed by atoms with Crippen LogP contribution in [0, 0.1) is 0 Å². The van der Waals surface area contributed by atoms with Gasteiger partial charge in [-0.3, -0.25) is 4.90 Å². The Morgan fingerprint density at radius 3 is 2.62 bits per heavy atom. The summed E-state index contributed by atoms with van der Waals surface area (Å²) >= 11 is 1.73. The molecule has 1 amide bonds. The molecule has 0 spiro atoms. The number of amides is 1. The van der Waals surface area contributed by atoms with E-state index in [4.69, 9.17) is 4.74 Å². The summed E-state index contributed by atoms with van der Waals surface area (Å²) in [4.78, 5) is 16.6. The Bertz CT molecular complexity index is 467. The van der Waals surface area contributed by atoms with Gasteiger partial charge in [0.1, 0.15) is 5.60 Å². The van der Waals surface area contributed by atoms with Gasteiger partial charge < -0.3 is 9.64 Å². The molecule has 118 valence electrons. The molecule has 2 heterocycles. The third-order valence-corrected chi connectivity index (χ3v) is 4.44. The molecule has 1 aliphatic heterocycles. The molecule has 0 aliphatic carbocycles. The van der Waals surface area contributed by atoms with Crippen molar-refractivity contribution in [2.45, 2.75) is 58.8 Å². The Hall–Kier alpha value is -1.07. The summed E-state index contributed by atoms with van der Waals surface area (Å²) in [6.07, 6.45) is -0.197. The maximum atomic E-state index is 12.3. The lowest BCUT2D eigenvalue weighted by Gasteiger charge is -2.44. The third-order valence-electron chi connectivity index (χ3n) is 3.71. The van der Waals surface area contributed by atoms with E-state index >= 15 is 0 Å². The van der Waals surface area contributed by atoms with Gasteiger partial charge >= 0.3 is 6.09 Å². The topological polar surface area (TPSA) is 32.8 Å². The lowest BCUT2D eigenvalue weighted by molar-refractivity contribution is -0.0116. The molecule has 2 rings (SSSR count). The van der Waals surface area contributed by atoms with Crippen molar-refractivity contribution in [3.63, 3.8) is 0 Å². The highest BCUT2D eigenvalue weighted by molar-refractivity contribution is 7.07. The van der Waals surface area contributed by atoms with Gasteiger partial charge in [0.25, 0.3) is 0 Å². The monoisotopic (exact) mass is 310 g/mol. The SMILES string of the molecule is C[C@@H]1CN(Cc2ccsc2)[C@@H](C)CN1C(=O)OC(C)(C)C. The fourth-order valence-electron chi connectivity index (χ4n) is 2.61. The minimum absolute atomic E-state index is 0.176. The number of carbonyl (C=O) groups excluding carboxylic acids is 1. The molecule has 0 N–H and O–H groups in total. The Morgan fingerprint density at radius 2 is 2.05 bits per heavy atom. The van der Waals surface area contributed by atoms with Crippen LogP contribution in [0.3, 0.4) is 0 Å². The van der Waals surface area contributed by atoms with Crippen LogP contribution < -0.4 is 0 Å². The van der Waals surface area contributed by atoms with Gasteiger partial charge in [-0.2, -0.15) is 11.3 Å². The van der Waals surface area contributed by atoms with Crippen molar-refractivity contribution in [3.05, 3.63) is 22.4 Å². The fourth-order valence-corrected chi connectivity index (χ4v) is 3.27. The lowest BCUT2D eigenvalue weighted by atomic mass is 10.1. The predicted molar refractivity (Wildman–Crippen MR) is 86.6 cm³/mol. The van der Waals surface area contributed by atoms with E-state index in [1.165, 1.54) is 5.56 Å². The lowest BCUT2D eigenvalue weighted by Crippen LogP contribution is -2.58. The van der Waals surface area contributed by atoms with E-state index in [0.717, 1.165) is 19.6 Å². The summed E-state index contributed by atoms with van der Waals surface area (Å²) in [5.41, 5.74) is 0.915. The molecule has 1 fully saturated rings. The Morgan fingerprint density at radius 1 is 1.33 bits per heavy atom. The van der Waals surface area contributed by atoms with Gasteiger partial charge in [0.15, 0.2) is 0 Å². The van der Waals surface area contributed by atoms with Crippen LogP contribution in [0.5, 0.6) is 0 Å². The predicted octanol–water partition coefficient (Wildman–Crippen LogP) is 3.58. The van der Waals surface area contributed by atoms with Crippen LogP contribution in [0.15, 0.2) is 16.8 Å². The molecule has 2 atom stereocenters. The van der Waals surface area contributed by atoms with Crippen LogP contribution in [0.1, 0.15) is 40.2 Å². The molecule has 0 radical (unpaired) electrons. The van der Waals surface area contributed by atoms with Gasteiger partial charge in [0.2, 0.25) is 0 Å². The number of hydrogen-bond acceptors (Lipinski definition) is 4. The molecule has 0 bridgehead atoms. The quantitative estimate of drug-likeness (QED) is 0.837. The van der Waals surface area contributed by atoms with Gasteiger partial charge in [-0.15, -0.1) is 0 Å². The van der Waals surface area contributed by atoms with E-state index < -0.39 is 5.60 Å². The van der Waals surface area contributed by atoms with Gasteiger partial charge in [-0.05, 0) is 57.0 Å². The second-order valence-corrected chi connectivity index (χ2v) is 7.67. The maximum absolute atomic E-state index is 12.3. The first kappa shape index (κ1) is 16.3. The zero-order valence-electron chi connectivity index (χ0n) is 13.6. The second-order valence-electron chi connectivity index (χ2n) is 6.89. The molecular weight excluding hydrogens is 284 g/mol. The Balaban J connectivity index is 1.96. The molecule has 1 aromatic rings. The summed E-state index contributed by atoms with van der Waals surface area (Å²) in [6, 6.07) is 2.69. The van der Waals surface area contributed by atoms with Crippen molar-refractivity contribution in [2.24, 2.45) is 0 Å². The van der Waals surface area contributed by atoms with Gasteiger partial charge in [0.05, 0.1) is 0 Å². The molecule has 1 aliphatic rings. The van der Waals surface area contributed by atoms with E-state index in [2.05, 4.69) is 35.6 Å². The molecule has 4 nitrogen and oxygen atoms in total. The summed E-state index contributed by atoms with van der Waals surface area (Å²) in [5.74, 6) is 0. The van der Waals surface area contributed by atoms with Gasteiger partial charge in [0, 0.05) is 31.7 Å². The van der Waals surface area contributed by atoms with Crippen molar-refractivity contribution in [3.8, 4) is 0 Å². The number of piperazine rings is 1. The summed E-state index contributed by atoms with van der Waals surface area (Å²) in [5, 5.41) is 4.30. The van der Waals surface area contributed by atoms with Crippen molar-refractivity contribution in [1.82, 2.24) is 9.80 Å². The molecule has 5 heteroatoms. The van der Waals surface area contributed by atoms with E-state index in [1.54, 1.807) is 11.3 Å². The fraction of sp³-hybridized carbons (Fsp3) is 0.688. The molecule has 1 saturated heterocycles. The number of ether oxygens (including phenoxy) is 1. The molecule has 0 aromatic carbocycles. The van der Waals surface area contributed by atoms with Gasteiger partial charge in [-0.1, -0.05) is 0 Å². The van der Waals surface area contributed by atoms with Crippen molar-refractivity contribution >= 4 is 17.4 Å². The highest BCUT2D eigenvalue weighted by Crippen LogP contribution is 2.21. The molecule has 1 aromatic heterocycles. The largest absolute Gasteiger partial charge is 0.444 e. The first-order chi connectivity index (χ1) is 9.76. The number of hydrogen-bond donors (Lipinski definition) is 0. The van der Waals surface area contributed by atoms with Crippen LogP contribution in [-0.2, 0) is 11.3 Å². The smallest absolute Gasteiger partial charge is 0.410 e. The van der Waals surface area contributed by atoms with E-state index in [0.29, 0.717) is 6.04 Å². The number of nitrogens with zero attached hydrogens (tertiary/aromatic N) is 2. The Kier molecular flexibility index (Phi) is 4.94. The summed E-state index contributed by atoms with van der Waals surface area (Å²) in [6.45, 7) is 12.6. The van der Waals surface area contributed by atoms with Crippen molar-refractivity contribution in [2.75, 3.05) is 13.1 Å². The van der Waals surface area contributed by atoms with Crippen LogP contribution in [-0.4, -0.2) is 46.7 Å². The molecule has 21 heavy (non-hydrogen) atoms. The third kappa shape index (κ3) is 4.45. The number of thiophene rings is 1. The van der Waals surface area contributed by atoms with Crippen molar-refractivity contribution < 1.29 is 9.53 Å². The van der Waals surface area contributed by atoms with Crippen LogP contribution >= 0.6 is 11.3 Å². The number of rotatable bonds is 2. The minimum atomic E-state index is -0.437. The van der Waals surface area contributed by atoms with Gasteiger partial charge in [-0.25, -0.2) is 4.79 Å². The molecule has 0 saturated carbocycles. The van der Waals surface area contributed by atoms with E-state index in [1.807, 2.05) is 25.7 Å². The maximum Gasteiger partial charge on any atom is 0.410 e. The number of carbonyl (C=O) groups is 1. The average Bonchev–Trinajstić information content (AvgIpc) is 2.84. The van der Waals surface area contributed by atoms with Crippen LogP contribution in [0.25, 0.3) is 0 Å². The van der Waals surface area contributed by atoms with E-state index in [-0.39, 0.29) is 12.1 Å². The average molecular weight is 310 g/mol.